The van der Waals surface area contributed by atoms with Gasteiger partial charge in [0.15, 0.2) is 29.2 Å². The molecule has 0 saturated carbocycles. The van der Waals surface area contributed by atoms with Crippen LogP contribution in [0.4, 0.5) is 0 Å². The predicted octanol–water partition coefficient (Wildman–Crippen LogP) is 6.10. The topological polar surface area (TPSA) is 87.7 Å². The monoisotopic (exact) mass is 540 g/mol. The van der Waals surface area contributed by atoms with Crippen molar-refractivity contribution in [2.45, 2.75) is 19.8 Å². The number of hydrogen-bond acceptors (Lipinski definition) is 6. The maximum absolute atomic E-state index is 13.7. The van der Waals surface area contributed by atoms with Gasteiger partial charge in [-0.2, -0.15) is 0 Å². The first kappa shape index (κ1) is 25.9. The van der Waals surface area contributed by atoms with Gasteiger partial charge in [-0.05, 0) is 38.1 Å². The molecule has 0 aliphatic carbocycles. The summed E-state index contributed by atoms with van der Waals surface area (Å²) < 4.78 is 8.74. The number of hydrogen-bond donors (Lipinski definition) is 0. The van der Waals surface area contributed by atoms with Crippen molar-refractivity contribution in [2.24, 2.45) is 0 Å². The molecule has 0 N–H and O–H groups in total. The third kappa shape index (κ3) is 5.15. The summed E-state index contributed by atoms with van der Waals surface area (Å²) in [5.74, 6) is 0.172. The highest BCUT2D eigenvalue weighted by Crippen LogP contribution is 2.31. The second-order valence-corrected chi connectivity index (χ2v) is 9.77. The van der Waals surface area contributed by atoms with E-state index in [-0.39, 0.29) is 0 Å². The molecule has 6 aromatic rings. The van der Waals surface area contributed by atoms with Crippen molar-refractivity contribution < 1.29 is 9.53 Å². The van der Waals surface area contributed by atoms with E-state index in [0.717, 1.165) is 33.6 Å². The van der Waals surface area contributed by atoms with Gasteiger partial charge in [0.25, 0.3) is 0 Å². The van der Waals surface area contributed by atoms with Crippen LogP contribution in [0.5, 0.6) is 0 Å². The summed E-state index contributed by atoms with van der Waals surface area (Å²) in [6.07, 6.45) is 0. The van der Waals surface area contributed by atoms with Gasteiger partial charge in [0.2, 0.25) is 0 Å². The largest absolute Gasteiger partial charge is 0.468 e. The van der Waals surface area contributed by atoms with Crippen molar-refractivity contribution in [3.63, 3.8) is 0 Å². The van der Waals surface area contributed by atoms with Crippen LogP contribution >= 0.6 is 0 Å². The fourth-order valence-electron chi connectivity index (χ4n) is 4.63. The Morgan fingerprint density at radius 2 is 1.00 bits per heavy atom. The Balaban J connectivity index is 1.60. The van der Waals surface area contributed by atoms with Gasteiger partial charge >= 0.3 is 5.97 Å². The van der Waals surface area contributed by atoms with Gasteiger partial charge in [-0.25, -0.2) is 19.3 Å². The third-order valence-electron chi connectivity index (χ3n) is 6.84. The summed E-state index contributed by atoms with van der Waals surface area (Å²) in [7, 11) is 1.36. The number of esters is 1. The SMILES string of the molecule is COC(=O)C(c1nc(-c2ccc(C)cc2)nn1-c1ccccc1)c1nc(-c2ccc(C)cc2)nn1-c1ccccc1. The maximum atomic E-state index is 13.7. The van der Waals surface area contributed by atoms with Gasteiger partial charge in [0.1, 0.15) is 0 Å². The highest BCUT2D eigenvalue weighted by atomic mass is 16.5. The number of rotatable bonds is 7. The number of methoxy groups -OCH3 is 1. The molecule has 8 heteroatoms. The van der Waals surface area contributed by atoms with Crippen LogP contribution < -0.4 is 0 Å². The van der Waals surface area contributed by atoms with Crippen LogP contribution in [0.25, 0.3) is 34.2 Å². The van der Waals surface area contributed by atoms with E-state index < -0.39 is 11.9 Å². The molecule has 2 heterocycles. The zero-order chi connectivity index (χ0) is 28.3. The number of carbonyl (C=O) groups excluding carboxylic acids is 1. The molecule has 0 atom stereocenters. The van der Waals surface area contributed by atoms with Gasteiger partial charge in [-0.15, -0.1) is 10.2 Å². The molecule has 6 rings (SSSR count). The van der Waals surface area contributed by atoms with E-state index in [1.165, 1.54) is 7.11 Å². The van der Waals surface area contributed by atoms with Crippen molar-refractivity contribution in [3.05, 3.63) is 132 Å². The first-order valence-corrected chi connectivity index (χ1v) is 13.3. The molecule has 0 radical (unpaired) electrons. The lowest BCUT2D eigenvalue weighted by atomic mass is 10.1. The molecule has 0 aliphatic heterocycles. The highest BCUT2D eigenvalue weighted by Gasteiger charge is 2.36. The minimum Gasteiger partial charge on any atom is -0.468 e. The Hall–Kier alpha value is -5.37. The normalized spacial score (nSPS) is 11.1. The van der Waals surface area contributed by atoms with Crippen LogP contribution in [0.2, 0.25) is 0 Å². The molecular weight excluding hydrogens is 512 g/mol. The molecule has 0 unspecified atom stereocenters. The smallest absolute Gasteiger partial charge is 0.324 e. The zero-order valence-corrected chi connectivity index (χ0v) is 23.0. The molecule has 8 nitrogen and oxygen atoms in total. The van der Waals surface area contributed by atoms with Gasteiger partial charge < -0.3 is 4.74 Å². The Labute approximate surface area is 237 Å². The molecule has 0 amide bonds. The number of ether oxygens (including phenoxy) is 1. The molecule has 0 saturated heterocycles. The van der Waals surface area contributed by atoms with E-state index in [1.807, 2.05) is 123 Å². The van der Waals surface area contributed by atoms with E-state index in [4.69, 9.17) is 24.9 Å². The van der Waals surface area contributed by atoms with Crippen LogP contribution in [0, 0.1) is 13.8 Å². The van der Waals surface area contributed by atoms with Crippen LogP contribution in [0.1, 0.15) is 28.7 Å². The average Bonchev–Trinajstić information content (AvgIpc) is 3.65. The third-order valence-corrected chi connectivity index (χ3v) is 6.84. The lowest BCUT2D eigenvalue weighted by molar-refractivity contribution is -0.141. The Morgan fingerprint density at radius 1 is 0.610 bits per heavy atom. The van der Waals surface area contributed by atoms with Crippen LogP contribution in [-0.2, 0) is 9.53 Å². The van der Waals surface area contributed by atoms with Gasteiger partial charge in [-0.1, -0.05) is 96.1 Å². The van der Waals surface area contributed by atoms with Gasteiger partial charge in [0, 0.05) is 11.1 Å². The summed E-state index contributed by atoms with van der Waals surface area (Å²) in [4.78, 5) is 23.5. The zero-order valence-electron chi connectivity index (χ0n) is 23.0. The molecule has 202 valence electrons. The summed E-state index contributed by atoms with van der Waals surface area (Å²) in [5.41, 5.74) is 5.44. The summed E-state index contributed by atoms with van der Waals surface area (Å²) >= 11 is 0. The number of aryl methyl sites for hydroxylation is 2. The molecule has 0 aliphatic rings. The number of nitrogens with zero attached hydrogens (tertiary/aromatic N) is 6. The minimum absolute atomic E-state index is 0.374. The maximum Gasteiger partial charge on any atom is 0.324 e. The Kier molecular flexibility index (Phi) is 6.95. The standard InChI is InChI=1S/C33H28N6O2/c1-22-14-18-24(19-15-22)29-34-31(38(36-29)26-10-6-4-7-11-26)28(33(40)41-3)32-35-30(25-20-16-23(2)17-21-25)37-39(32)27-12-8-5-9-13-27/h4-21,28H,1-3H3. The quantitative estimate of drug-likeness (QED) is 0.227. The summed E-state index contributed by atoms with van der Waals surface area (Å²) in [6.45, 7) is 4.06. The molecule has 2 aromatic heterocycles. The first-order valence-electron chi connectivity index (χ1n) is 13.3. The van der Waals surface area contributed by atoms with Crippen LogP contribution in [0.15, 0.2) is 109 Å². The van der Waals surface area contributed by atoms with E-state index in [0.29, 0.717) is 23.3 Å². The van der Waals surface area contributed by atoms with Crippen molar-refractivity contribution in [3.8, 4) is 34.2 Å². The van der Waals surface area contributed by atoms with E-state index in [2.05, 4.69) is 0 Å². The Morgan fingerprint density at radius 3 is 1.37 bits per heavy atom. The van der Waals surface area contributed by atoms with E-state index in [1.54, 1.807) is 9.36 Å². The fourth-order valence-corrected chi connectivity index (χ4v) is 4.63. The molecule has 4 aromatic carbocycles. The van der Waals surface area contributed by atoms with Gasteiger partial charge in [-0.3, -0.25) is 4.79 Å². The molecule has 0 fully saturated rings. The highest BCUT2D eigenvalue weighted by molar-refractivity contribution is 5.81. The second-order valence-electron chi connectivity index (χ2n) is 9.77. The van der Waals surface area contributed by atoms with E-state index in [9.17, 15) is 4.79 Å². The average molecular weight is 541 g/mol. The molecule has 0 bridgehead atoms. The summed E-state index contributed by atoms with van der Waals surface area (Å²) in [6, 6.07) is 35.1. The van der Waals surface area contributed by atoms with Crippen molar-refractivity contribution in [2.75, 3.05) is 7.11 Å². The lowest BCUT2D eigenvalue weighted by Gasteiger charge is -2.16. The molecule has 41 heavy (non-hydrogen) atoms. The van der Waals surface area contributed by atoms with Crippen LogP contribution in [-0.4, -0.2) is 42.6 Å². The summed E-state index contributed by atoms with van der Waals surface area (Å²) in [5, 5.41) is 9.72. The Bertz CT molecular complexity index is 1660. The second kappa shape index (κ2) is 11.0. The number of aromatic nitrogens is 6. The predicted molar refractivity (Wildman–Crippen MR) is 157 cm³/mol. The number of benzene rings is 4. The fraction of sp³-hybridized carbons (Fsp3) is 0.121. The molecule has 0 spiro atoms. The van der Waals surface area contributed by atoms with Crippen molar-refractivity contribution in [1.82, 2.24) is 29.5 Å². The first-order chi connectivity index (χ1) is 20.0. The number of para-hydroxylation sites is 2. The number of carbonyl (C=O) groups is 1. The van der Waals surface area contributed by atoms with Gasteiger partial charge in [0.05, 0.1) is 18.5 Å². The van der Waals surface area contributed by atoms with Crippen molar-refractivity contribution >= 4 is 5.97 Å². The minimum atomic E-state index is -1.03. The van der Waals surface area contributed by atoms with E-state index >= 15 is 0 Å². The lowest BCUT2D eigenvalue weighted by Crippen LogP contribution is -2.23. The molecular formula is C33H28N6O2. The van der Waals surface area contributed by atoms with Crippen molar-refractivity contribution in [1.29, 1.82) is 0 Å². The van der Waals surface area contributed by atoms with Crippen LogP contribution in [0.3, 0.4) is 0 Å².